The number of aliphatic hydroxyl groups excluding tert-OH is 1. The fraction of sp³-hybridized carbons (Fsp3) is 0.853. The Hall–Kier alpha value is -1.25. The third-order valence-electron chi connectivity index (χ3n) is 13.1. The van der Waals surface area contributed by atoms with Crippen molar-refractivity contribution in [1.82, 2.24) is 0 Å². The van der Waals surface area contributed by atoms with Gasteiger partial charge in [0.2, 0.25) is 0 Å². The first-order chi connectivity index (χ1) is 17.4. The molecule has 10 atom stereocenters. The molecule has 37 heavy (non-hydrogen) atoms. The summed E-state index contributed by atoms with van der Waals surface area (Å²) in [6, 6.07) is 0. The summed E-state index contributed by atoms with van der Waals surface area (Å²) in [7, 11) is 0. The lowest BCUT2D eigenvalue weighted by Gasteiger charge is -2.71. The van der Waals surface area contributed by atoms with Crippen LogP contribution in [0, 0.1) is 57.2 Å². The van der Waals surface area contributed by atoms with Gasteiger partial charge >= 0.3 is 5.97 Å². The van der Waals surface area contributed by atoms with Gasteiger partial charge in [-0.25, -0.2) is 0 Å². The minimum Gasteiger partial charge on any atom is -0.516 e. The Balaban J connectivity index is 0.000000420. The summed E-state index contributed by atoms with van der Waals surface area (Å²) in [5.74, 6) is 4.09. The molecule has 212 valence electrons. The van der Waals surface area contributed by atoms with Gasteiger partial charge in [-0.05, 0) is 129 Å². The summed E-state index contributed by atoms with van der Waals surface area (Å²) in [6.07, 6.45) is 19.0. The standard InChI is InChI=1S/C27H44O2.C4H8O.C3H6/c1-17-10-13-24(3)19(18(17)2)11-14-26(5)22(24)9-8-20-21-7-6-12-27(21,23(28)29)16-15-25(20,26)4;1-2-3-4-5;1-3-2/h17-22H,6-16H2,1-5H3,(H,28,29);3-5H,2H2,1H3;3H,1H2,2H3/b;4-3+;/t17?,18-,19?,20?,21?,22?,24-,25+,26+,27?;;/m0../s1. The molecule has 5 aliphatic rings. The highest BCUT2D eigenvalue weighted by molar-refractivity contribution is 5.76. The highest BCUT2D eigenvalue weighted by atomic mass is 16.4. The highest BCUT2D eigenvalue weighted by Gasteiger charge is 2.69. The zero-order valence-electron chi connectivity index (χ0n) is 25.2. The topological polar surface area (TPSA) is 57.5 Å². The third kappa shape index (κ3) is 4.73. The summed E-state index contributed by atoms with van der Waals surface area (Å²) >= 11 is 0. The molecule has 5 rings (SSSR count). The van der Waals surface area contributed by atoms with Gasteiger partial charge in [0.05, 0.1) is 11.7 Å². The predicted molar refractivity (Wildman–Crippen MR) is 155 cm³/mol. The molecule has 0 aliphatic heterocycles. The second kappa shape index (κ2) is 11.5. The highest BCUT2D eigenvalue weighted by Crippen LogP contribution is 2.76. The van der Waals surface area contributed by atoms with Crippen LogP contribution in [0.2, 0.25) is 0 Å². The van der Waals surface area contributed by atoms with Gasteiger partial charge in [0.1, 0.15) is 0 Å². The Morgan fingerprint density at radius 2 is 1.57 bits per heavy atom. The van der Waals surface area contributed by atoms with Gasteiger partial charge in [0.15, 0.2) is 0 Å². The maximum absolute atomic E-state index is 12.4. The van der Waals surface area contributed by atoms with E-state index in [1.54, 1.807) is 12.2 Å². The molecule has 3 heteroatoms. The van der Waals surface area contributed by atoms with Crippen molar-refractivity contribution in [1.29, 1.82) is 0 Å². The Labute approximate surface area is 228 Å². The van der Waals surface area contributed by atoms with Crippen LogP contribution in [-0.2, 0) is 4.79 Å². The van der Waals surface area contributed by atoms with Crippen molar-refractivity contribution in [3.05, 3.63) is 25.0 Å². The van der Waals surface area contributed by atoms with E-state index in [-0.39, 0.29) is 5.41 Å². The molecule has 3 nitrogen and oxygen atoms in total. The number of carbonyl (C=O) groups is 1. The quantitative estimate of drug-likeness (QED) is 0.285. The lowest BCUT2D eigenvalue weighted by Crippen LogP contribution is -2.65. The van der Waals surface area contributed by atoms with Crippen LogP contribution in [0.5, 0.6) is 0 Å². The summed E-state index contributed by atoms with van der Waals surface area (Å²) in [5, 5.41) is 18.1. The minimum atomic E-state index is -0.472. The van der Waals surface area contributed by atoms with Crippen LogP contribution in [0.4, 0.5) is 0 Å². The smallest absolute Gasteiger partial charge is 0.309 e. The van der Waals surface area contributed by atoms with Crippen molar-refractivity contribution in [2.75, 3.05) is 0 Å². The van der Waals surface area contributed by atoms with Crippen LogP contribution in [0.15, 0.2) is 25.0 Å². The Kier molecular flexibility index (Phi) is 9.39. The fourth-order valence-electron chi connectivity index (χ4n) is 10.9. The van der Waals surface area contributed by atoms with Crippen LogP contribution in [0.3, 0.4) is 0 Å². The Morgan fingerprint density at radius 3 is 2.14 bits per heavy atom. The van der Waals surface area contributed by atoms with Crippen molar-refractivity contribution in [3.63, 3.8) is 0 Å². The van der Waals surface area contributed by atoms with E-state index in [4.69, 9.17) is 5.11 Å². The van der Waals surface area contributed by atoms with Crippen LogP contribution < -0.4 is 0 Å². The summed E-state index contributed by atoms with van der Waals surface area (Å²) in [4.78, 5) is 12.4. The van der Waals surface area contributed by atoms with Gasteiger partial charge < -0.3 is 10.2 Å². The van der Waals surface area contributed by atoms with Gasteiger partial charge in [-0.15, -0.1) is 6.58 Å². The van der Waals surface area contributed by atoms with Crippen LogP contribution >= 0.6 is 0 Å². The largest absolute Gasteiger partial charge is 0.516 e. The first kappa shape index (κ1) is 30.3. The first-order valence-corrected chi connectivity index (χ1v) is 15.5. The van der Waals surface area contributed by atoms with E-state index in [2.05, 4.69) is 41.2 Å². The number of carboxylic acids is 1. The second-order valence-electron chi connectivity index (χ2n) is 14.3. The maximum atomic E-state index is 12.4. The Morgan fingerprint density at radius 1 is 0.892 bits per heavy atom. The van der Waals surface area contributed by atoms with E-state index in [0.717, 1.165) is 62.0 Å². The van der Waals surface area contributed by atoms with E-state index in [0.29, 0.717) is 28.1 Å². The molecule has 0 aromatic rings. The predicted octanol–water partition coefficient (Wildman–Crippen LogP) is 9.83. The Bertz CT molecular complexity index is 833. The summed E-state index contributed by atoms with van der Waals surface area (Å²) in [6.45, 7) is 20.2. The number of hydrogen-bond donors (Lipinski definition) is 2. The molecule has 0 amide bonds. The normalized spacial score (nSPS) is 48.1. The first-order valence-electron chi connectivity index (χ1n) is 15.5. The minimum absolute atomic E-state index is 0.337. The van der Waals surface area contributed by atoms with E-state index in [1.807, 2.05) is 13.8 Å². The number of aliphatic hydroxyl groups is 1. The SMILES string of the molecule is C=CC.CC/C=C/O.CC1CC[C@@]2(C)C(CC[C@]3(C)C2CCC2C4CCCC4(C(=O)O)CC[C@]23C)[C@H]1C. The lowest BCUT2D eigenvalue weighted by molar-refractivity contribution is -0.230. The molecule has 6 unspecified atom stereocenters. The fourth-order valence-corrected chi connectivity index (χ4v) is 10.9. The molecule has 0 bridgehead atoms. The zero-order valence-corrected chi connectivity index (χ0v) is 25.2. The number of aliphatic carboxylic acids is 1. The van der Waals surface area contributed by atoms with Crippen molar-refractivity contribution in [3.8, 4) is 0 Å². The molecule has 0 heterocycles. The average Bonchev–Trinajstić information content (AvgIpc) is 3.29. The molecule has 0 aromatic heterocycles. The van der Waals surface area contributed by atoms with Gasteiger partial charge in [-0.3, -0.25) is 4.79 Å². The monoisotopic (exact) mass is 514 g/mol. The third-order valence-corrected chi connectivity index (χ3v) is 13.1. The van der Waals surface area contributed by atoms with Crippen molar-refractivity contribution < 1.29 is 15.0 Å². The molecular formula is C34H58O3. The average molecular weight is 515 g/mol. The zero-order chi connectivity index (χ0) is 27.6. The number of fused-ring (bicyclic) bond motifs is 7. The molecular weight excluding hydrogens is 456 g/mol. The second-order valence-corrected chi connectivity index (χ2v) is 14.3. The van der Waals surface area contributed by atoms with E-state index < -0.39 is 5.97 Å². The van der Waals surface area contributed by atoms with Crippen molar-refractivity contribution >= 4 is 5.97 Å². The number of allylic oxidation sites excluding steroid dienone is 2. The van der Waals surface area contributed by atoms with Crippen LogP contribution in [0.25, 0.3) is 0 Å². The number of hydrogen-bond acceptors (Lipinski definition) is 2. The molecule has 5 aliphatic carbocycles. The summed E-state index contributed by atoms with van der Waals surface area (Å²) in [5.41, 5.74) is 0.853. The molecule has 0 radical (unpaired) electrons. The molecule has 0 saturated heterocycles. The van der Waals surface area contributed by atoms with Gasteiger partial charge in [0, 0.05) is 0 Å². The molecule has 2 N–H and O–H groups in total. The van der Waals surface area contributed by atoms with E-state index in [1.165, 1.54) is 44.9 Å². The van der Waals surface area contributed by atoms with Gasteiger partial charge in [-0.1, -0.05) is 60.1 Å². The van der Waals surface area contributed by atoms with Crippen LogP contribution in [-0.4, -0.2) is 16.2 Å². The molecule has 5 saturated carbocycles. The molecule has 0 aromatic carbocycles. The number of rotatable bonds is 2. The molecule has 5 fully saturated rings. The van der Waals surface area contributed by atoms with E-state index in [9.17, 15) is 9.90 Å². The van der Waals surface area contributed by atoms with E-state index >= 15 is 0 Å². The summed E-state index contributed by atoms with van der Waals surface area (Å²) < 4.78 is 0. The van der Waals surface area contributed by atoms with Crippen LogP contribution in [0.1, 0.15) is 126 Å². The van der Waals surface area contributed by atoms with Crippen molar-refractivity contribution in [2.45, 2.75) is 126 Å². The number of carboxylic acid groups (broad SMARTS) is 1. The van der Waals surface area contributed by atoms with Gasteiger partial charge in [0.25, 0.3) is 0 Å². The molecule has 0 spiro atoms. The lowest BCUT2D eigenvalue weighted by atomic mass is 9.33. The van der Waals surface area contributed by atoms with Gasteiger partial charge in [-0.2, -0.15) is 0 Å². The van der Waals surface area contributed by atoms with Crippen molar-refractivity contribution in [2.24, 2.45) is 57.2 Å². The maximum Gasteiger partial charge on any atom is 0.309 e.